The van der Waals surface area contributed by atoms with E-state index in [9.17, 15) is 14.7 Å². The number of rotatable bonds is 1. The lowest BCUT2D eigenvalue weighted by atomic mass is 9.70. The number of nitrogens with zero attached hydrogens (tertiary/aromatic N) is 1. The third kappa shape index (κ3) is 3.21. The summed E-state index contributed by atoms with van der Waals surface area (Å²) in [6.07, 6.45) is 0.590. The van der Waals surface area contributed by atoms with Gasteiger partial charge in [0.1, 0.15) is 11.6 Å². The first-order valence-electron chi connectivity index (χ1n) is 7.91. The molecule has 0 bridgehead atoms. The molecule has 0 aromatic carbocycles. The van der Waals surface area contributed by atoms with E-state index in [-0.39, 0.29) is 17.8 Å². The van der Waals surface area contributed by atoms with Gasteiger partial charge in [-0.25, -0.2) is 9.59 Å². The second-order valence-corrected chi connectivity index (χ2v) is 7.44. The largest absolute Gasteiger partial charge is 0.467 e. The van der Waals surface area contributed by atoms with E-state index >= 15 is 0 Å². The van der Waals surface area contributed by atoms with Gasteiger partial charge in [0.05, 0.1) is 13.2 Å². The number of esters is 1. The normalized spacial score (nSPS) is 35.0. The molecule has 0 unspecified atom stereocenters. The second-order valence-electron chi connectivity index (χ2n) is 7.44. The van der Waals surface area contributed by atoms with Crippen LogP contribution in [0.5, 0.6) is 0 Å². The van der Waals surface area contributed by atoms with Gasteiger partial charge in [-0.1, -0.05) is 6.92 Å². The summed E-state index contributed by atoms with van der Waals surface area (Å²) < 4.78 is 10.3. The van der Waals surface area contributed by atoms with E-state index in [1.165, 1.54) is 12.0 Å². The van der Waals surface area contributed by atoms with Crippen LogP contribution in [0.3, 0.4) is 0 Å². The van der Waals surface area contributed by atoms with Gasteiger partial charge in [0.25, 0.3) is 0 Å². The molecule has 1 saturated heterocycles. The molecule has 1 saturated carbocycles. The monoisotopic (exact) mass is 313 g/mol. The van der Waals surface area contributed by atoms with Crippen LogP contribution in [-0.2, 0) is 14.3 Å². The zero-order valence-corrected chi connectivity index (χ0v) is 14.0. The molecule has 6 nitrogen and oxygen atoms in total. The number of fused-ring (bicyclic) bond motifs is 1. The number of likely N-dealkylation sites (tertiary alicyclic amines) is 1. The molecule has 1 aliphatic carbocycles. The molecule has 0 radical (unpaired) electrons. The van der Waals surface area contributed by atoms with E-state index in [0.29, 0.717) is 13.0 Å². The Labute approximate surface area is 131 Å². The van der Waals surface area contributed by atoms with Gasteiger partial charge in [-0.05, 0) is 51.4 Å². The van der Waals surface area contributed by atoms with Gasteiger partial charge in [0, 0.05) is 6.54 Å². The zero-order chi connectivity index (χ0) is 16.7. The number of ether oxygens (including phenoxy) is 2. The summed E-state index contributed by atoms with van der Waals surface area (Å²) in [7, 11) is 1.33. The number of hydrogen-bond donors (Lipinski definition) is 1. The summed E-state index contributed by atoms with van der Waals surface area (Å²) in [5.41, 5.74) is -0.614. The summed E-state index contributed by atoms with van der Waals surface area (Å²) in [6, 6.07) is -0.671. The van der Waals surface area contributed by atoms with Gasteiger partial charge in [0.2, 0.25) is 0 Å². The Hall–Kier alpha value is -1.30. The molecule has 0 aromatic rings. The van der Waals surface area contributed by atoms with E-state index in [1.54, 1.807) is 20.8 Å². The molecule has 22 heavy (non-hydrogen) atoms. The van der Waals surface area contributed by atoms with Crippen molar-refractivity contribution in [3.8, 4) is 0 Å². The molecule has 1 heterocycles. The van der Waals surface area contributed by atoms with Crippen LogP contribution in [0.2, 0.25) is 0 Å². The number of aliphatic hydroxyl groups is 1. The average molecular weight is 313 g/mol. The predicted molar refractivity (Wildman–Crippen MR) is 80.1 cm³/mol. The number of methoxy groups -OCH3 is 1. The molecule has 1 aliphatic heterocycles. The van der Waals surface area contributed by atoms with Gasteiger partial charge in [-0.2, -0.15) is 0 Å². The molecule has 1 amide bonds. The van der Waals surface area contributed by atoms with Crippen molar-refractivity contribution in [2.24, 2.45) is 17.8 Å². The number of carbonyl (C=O) groups is 2. The molecule has 6 heteroatoms. The fraction of sp³-hybridized carbons (Fsp3) is 0.875. The van der Waals surface area contributed by atoms with E-state index in [2.05, 4.69) is 0 Å². The van der Waals surface area contributed by atoms with Crippen molar-refractivity contribution in [3.63, 3.8) is 0 Å². The minimum atomic E-state index is -0.671. The van der Waals surface area contributed by atoms with Gasteiger partial charge in [-0.3, -0.25) is 4.90 Å². The highest BCUT2D eigenvalue weighted by molar-refractivity contribution is 5.82. The van der Waals surface area contributed by atoms with Crippen LogP contribution in [0.15, 0.2) is 0 Å². The Balaban J connectivity index is 2.26. The topological polar surface area (TPSA) is 76.1 Å². The summed E-state index contributed by atoms with van der Waals surface area (Å²) in [6.45, 7) is 7.82. The summed E-state index contributed by atoms with van der Waals surface area (Å²) in [4.78, 5) is 26.2. The molecule has 2 fully saturated rings. The SMILES string of the molecule is COC(=O)[C@@H]1[C@@H]2[C@@H](CC[C@@H](O)[C@H]2C)CN1C(=O)OC(C)(C)C. The molecule has 2 rings (SSSR count). The summed E-state index contributed by atoms with van der Waals surface area (Å²) >= 11 is 0. The summed E-state index contributed by atoms with van der Waals surface area (Å²) in [5, 5.41) is 10.1. The third-order valence-corrected chi connectivity index (χ3v) is 4.79. The first-order chi connectivity index (χ1) is 10.2. The van der Waals surface area contributed by atoms with Crippen molar-refractivity contribution in [1.29, 1.82) is 0 Å². The van der Waals surface area contributed by atoms with Gasteiger partial charge >= 0.3 is 12.1 Å². The Morgan fingerprint density at radius 3 is 2.41 bits per heavy atom. The van der Waals surface area contributed by atoms with Crippen molar-refractivity contribution in [1.82, 2.24) is 4.90 Å². The lowest BCUT2D eigenvalue weighted by Crippen LogP contribution is -2.48. The average Bonchev–Trinajstić information content (AvgIpc) is 2.80. The van der Waals surface area contributed by atoms with E-state index in [0.717, 1.165) is 6.42 Å². The van der Waals surface area contributed by atoms with Crippen LogP contribution in [-0.4, -0.2) is 53.5 Å². The van der Waals surface area contributed by atoms with Crippen LogP contribution < -0.4 is 0 Å². The predicted octanol–water partition coefficient (Wildman–Crippen LogP) is 1.80. The van der Waals surface area contributed by atoms with E-state index in [4.69, 9.17) is 9.47 Å². The molecule has 2 aliphatic rings. The van der Waals surface area contributed by atoms with Crippen molar-refractivity contribution < 1.29 is 24.2 Å². The van der Waals surface area contributed by atoms with Crippen LogP contribution >= 0.6 is 0 Å². The number of aliphatic hydroxyl groups excluding tert-OH is 1. The summed E-state index contributed by atoms with van der Waals surface area (Å²) in [5.74, 6) is -0.353. The highest BCUT2D eigenvalue weighted by Gasteiger charge is 2.54. The molecule has 1 N–H and O–H groups in total. The third-order valence-electron chi connectivity index (χ3n) is 4.79. The molecule has 126 valence electrons. The Bertz CT molecular complexity index is 444. The molecule has 5 atom stereocenters. The molecule has 0 aromatic heterocycles. The lowest BCUT2D eigenvalue weighted by Gasteiger charge is -2.37. The minimum absolute atomic E-state index is 0.0460. The Morgan fingerprint density at radius 2 is 1.86 bits per heavy atom. The second kappa shape index (κ2) is 6.07. The molecule has 0 spiro atoms. The maximum atomic E-state index is 12.5. The lowest BCUT2D eigenvalue weighted by molar-refractivity contribution is -0.148. The van der Waals surface area contributed by atoms with Gasteiger partial charge in [0.15, 0.2) is 0 Å². The van der Waals surface area contributed by atoms with E-state index < -0.39 is 29.8 Å². The standard InChI is InChI=1S/C16H27NO5/c1-9-11(18)7-6-10-8-17(15(20)22-16(2,3)4)13(12(9)10)14(19)21-5/h9-13,18H,6-8H2,1-5H3/t9-,10+,11-,12+,13+/m1/s1. The zero-order valence-electron chi connectivity index (χ0n) is 14.0. The van der Waals surface area contributed by atoms with Crippen LogP contribution in [0.25, 0.3) is 0 Å². The fourth-order valence-corrected chi connectivity index (χ4v) is 3.77. The maximum absolute atomic E-state index is 12.5. The Kier molecular flexibility index (Phi) is 4.70. The maximum Gasteiger partial charge on any atom is 0.411 e. The molecular formula is C16H27NO5. The van der Waals surface area contributed by atoms with Crippen molar-refractivity contribution in [2.45, 2.75) is 58.3 Å². The fourth-order valence-electron chi connectivity index (χ4n) is 3.77. The Morgan fingerprint density at radius 1 is 1.23 bits per heavy atom. The van der Waals surface area contributed by atoms with Crippen molar-refractivity contribution in [3.05, 3.63) is 0 Å². The van der Waals surface area contributed by atoms with Crippen LogP contribution in [0.4, 0.5) is 4.79 Å². The highest BCUT2D eigenvalue weighted by atomic mass is 16.6. The first kappa shape index (κ1) is 17.1. The van der Waals surface area contributed by atoms with Gasteiger partial charge in [-0.15, -0.1) is 0 Å². The minimum Gasteiger partial charge on any atom is -0.467 e. The van der Waals surface area contributed by atoms with Crippen molar-refractivity contribution in [2.75, 3.05) is 13.7 Å². The van der Waals surface area contributed by atoms with E-state index in [1.807, 2.05) is 6.92 Å². The molecular weight excluding hydrogens is 286 g/mol. The van der Waals surface area contributed by atoms with Crippen molar-refractivity contribution >= 4 is 12.1 Å². The number of amides is 1. The van der Waals surface area contributed by atoms with Crippen LogP contribution in [0, 0.1) is 17.8 Å². The highest BCUT2D eigenvalue weighted by Crippen LogP contribution is 2.44. The van der Waals surface area contributed by atoms with Crippen LogP contribution in [0.1, 0.15) is 40.5 Å². The smallest absolute Gasteiger partial charge is 0.411 e. The number of hydrogen-bond acceptors (Lipinski definition) is 5. The number of carbonyl (C=O) groups excluding carboxylic acids is 2. The first-order valence-corrected chi connectivity index (χ1v) is 7.91. The van der Waals surface area contributed by atoms with Gasteiger partial charge < -0.3 is 14.6 Å². The quantitative estimate of drug-likeness (QED) is 0.747.